The Bertz CT molecular complexity index is 751. The molecule has 0 amide bonds. The van der Waals surface area contributed by atoms with Gasteiger partial charge in [-0.25, -0.2) is 4.79 Å². The number of carbonyl (C=O) groups is 1. The number of halogens is 1. The number of carboxylic acids is 1. The van der Waals surface area contributed by atoms with Crippen LogP contribution in [0.5, 0.6) is 0 Å². The molecule has 0 atom stereocenters. The molecule has 0 bridgehead atoms. The zero-order chi connectivity index (χ0) is 13.5. The molecule has 94 valence electrons. The molecular weight excluding hydrogens is 324 g/mol. The normalized spacial score (nSPS) is 11.7. The second kappa shape index (κ2) is 4.34. The Kier molecular flexibility index (Phi) is 3.14. The van der Waals surface area contributed by atoms with Crippen molar-refractivity contribution < 1.29 is 22.9 Å². The van der Waals surface area contributed by atoms with Crippen molar-refractivity contribution in [3.63, 3.8) is 0 Å². The van der Waals surface area contributed by atoms with E-state index in [4.69, 9.17) is 9.66 Å². The van der Waals surface area contributed by atoms with Gasteiger partial charge in [-0.3, -0.25) is 4.55 Å². The number of carboxylic acid groups (broad SMARTS) is 1. The summed E-state index contributed by atoms with van der Waals surface area (Å²) in [6.45, 7) is 0. The van der Waals surface area contributed by atoms with Gasteiger partial charge in [0.05, 0.1) is 5.56 Å². The van der Waals surface area contributed by atoms with E-state index in [-0.39, 0.29) is 5.39 Å². The fourth-order valence-electron chi connectivity index (χ4n) is 1.73. The molecule has 0 radical (unpaired) electrons. The first-order valence-corrected chi connectivity index (χ1v) is 6.97. The summed E-state index contributed by atoms with van der Waals surface area (Å²) in [6.07, 6.45) is 0. The second-order valence-electron chi connectivity index (χ2n) is 3.56. The molecule has 2 rings (SSSR count). The molecule has 0 heterocycles. The monoisotopic (exact) mass is 330 g/mol. The molecule has 0 saturated carbocycles. The number of rotatable bonds is 2. The van der Waals surface area contributed by atoms with Crippen molar-refractivity contribution in [2.45, 2.75) is 4.90 Å². The van der Waals surface area contributed by atoms with Crippen molar-refractivity contribution in [1.29, 1.82) is 0 Å². The lowest BCUT2D eigenvalue weighted by Crippen LogP contribution is -2.09. The average molecular weight is 331 g/mol. The van der Waals surface area contributed by atoms with Crippen molar-refractivity contribution in [2.75, 3.05) is 0 Å². The van der Waals surface area contributed by atoms with Gasteiger partial charge >= 0.3 is 5.97 Å². The number of aromatic carboxylic acids is 1. The van der Waals surface area contributed by atoms with E-state index in [2.05, 4.69) is 15.9 Å². The number of benzene rings is 2. The smallest absolute Gasteiger partial charge is 0.337 e. The standard InChI is InChI=1S/C11H7BrO5S/c12-8-5-9(18(15,16)17)10(11(13)14)7-4-2-1-3-6(7)8/h1-5H,(H,13,14)(H,15,16,17). The molecule has 0 unspecified atom stereocenters. The SMILES string of the molecule is O=C(O)c1c(S(=O)(=O)O)cc(Br)c2ccccc12. The van der Waals surface area contributed by atoms with Crippen LogP contribution in [-0.4, -0.2) is 24.0 Å². The van der Waals surface area contributed by atoms with Crippen molar-refractivity contribution in [3.8, 4) is 0 Å². The minimum atomic E-state index is -4.60. The van der Waals surface area contributed by atoms with E-state index < -0.39 is 26.5 Å². The molecule has 2 N–H and O–H groups in total. The topological polar surface area (TPSA) is 91.7 Å². The fraction of sp³-hybridized carbons (Fsp3) is 0. The molecule has 0 saturated heterocycles. The Morgan fingerprint density at radius 1 is 1.17 bits per heavy atom. The minimum absolute atomic E-state index is 0.243. The van der Waals surface area contributed by atoms with Crippen molar-refractivity contribution in [3.05, 3.63) is 40.4 Å². The first kappa shape index (κ1) is 13.0. The van der Waals surface area contributed by atoms with Crippen LogP contribution in [0.2, 0.25) is 0 Å². The van der Waals surface area contributed by atoms with E-state index >= 15 is 0 Å². The lowest BCUT2D eigenvalue weighted by atomic mass is 10.0. The Labute approximate surface area is 111 Å². The highest BCUT2D eigenvalue weighted by molar-refractivity contribution is 9.10. The van der Waals surface area contributed by atoms with E-state index in [9.17, 15) is 13.2 Å². The summed E-state index contributed by atoms with van der Waals surface area (Å²) >= 11 is 3.15. The Balaban J connectivity index is 3.06. The van der Waals surface area contributed by atoms with Gasteiger partial charge in [-0.1, -0.05) is 40.2 Å². The maximum absolute atomic E-state index is 11.2. The van der Waals surface area contributed by atoms with Gasteiger partial charge in [-0.15, -0.1) is 0 Å². The molecule has 5 nitrogen and oxygen atoms in total. The third-order valence-electron chi connectivity index (χ3n) is 2.45. The molecule has 2 aromatic carbocycles. The predicted molar refractivity (Wildman–Crippen MR) is 68.4 cm³/mol. The summed E-state index contributed by atoms with van der Waals surface area (Å²) < 4.78 is 31.9. The summed E-state index contributed by atoms with van der Waals surface area (Å²) in [6, 6.07) is 7.51. The number of hydrogen-bond acceptors (Lipinski definition) is 3. The van der Waals surface area contributed by atoms with E-state index in [1.807, 2.05) is 0 Å². The highest BCUT2D eigenvalue weighted by Gasteiger charge is 2.24. The zero-order valence-electron chi connectivity index (χ0n) is 8.79. The molecule has 0 spiro atoms. The van der Waals surface area contributed by atoms with Crippen molar-refractivity contribution >= 4 is 42.8 Å². The minimum Gasteiger partial charge on any atom is -0.478 e. The summed E-state index contributed by atoms with van der Waals surface area (Å²) in [5, 5.41) is 9.93. The lowest BCUT2D eigenvalue weighted by molar-refractivity contribution is 0.0694. The van der Waals surface area contributed by atoms with Crippen LogP contribution in [0.25, 0.3) is 10.8 Å². The first-order chi connectivity index (χ1) is 8.32. The van der Waals surface area contributed by atoms with E-state index in [0.717, 1.165) is 6.07 Å². The number of fused-ring (bicyclic) bond motifs is 1. The van der Waals surface area contributed by atoms with Crippen LogP contribution < -0.4 is 0 Å². The van der Waals surface area contributed by atoms with Crippen LogP contribution in [0.3, 0.4) is 0 Å². The average Bonchev–Trinajstić information content (AvgIpc) is 2.27. The molecule has 0 aliphatic carbocycles. The van der Waals surface area contributed by atoms with Crippen LogP contribution in [0.4, 0.5) is 0 Å². The van der Waals surface area contributed by atoms with Gasteiger partial charge in [0.2, 0.25) is 0 Å². The summed E-state index contributed by atoms with van der Waals surface area (Å²) in [4.78, 5) is 10.6. The quantitative estimate of drug-likeness (QED) is 0.825. The van der Waals surface area contributed by atoms with Crippen molar-refractivity contribution in [2.24, 2.45) is 0 Å². The molecule has 0 aliphatic heterocycles. The van der Waals surface area contributed by atoms with Gasteiger partial charge < -0.3 is 5.11 Å². The molecular formula is C11H7BrO5S. The van der Waals surface area contributed by atoms with Gasteiger partial charge in [-0.2, -0.15) is 8.42 Å². The van der Waals surface area contributed by atoms with Crippen LogP contribution in [-0.2, 0) is 10.1 Å². The molecule has 0 fully saturated rings. The Hall–Kier alpha value is -1.44. The Morgan fingerprint density at radius 3 is 2.22 bits per heavy atom. The summed E-state index contributed by atoms with van der Waals surface area (Å²) in [7, 11) is -4.60. The number of hydrogen-bond donors (Lipinski definition) is 2. The van der Waals surface area contributed by atoms with Crippen LogP contribution >= 0.6 is 15.9 Å². The van der Waals surface area contributed by atoms with Crippen LogP contribution in [0, 0.1) is 0 Å². The Morgan fingerprint density at radius 2 is 1.72 bits per heavy atom. The highest BCUT2D eigenvalue weighted by atomic mass is 79.9. The fourth-order valence-corrected chi connectivity index (χ4v) is 3.18. The summed E-state index contributed by atoms with van der Waals surface area (Å²) in [5.41, 5.74) is -0.434. The second-order valence-corrected chi connectivity index (χ2v) is 5.80. The van der Waals surface area contributed by atoms with Crippen LogP contribution in [0.1, 0.15) is 10.4 Å². The predicted octanol–water partition coefficient (Wildman–Crippen LogP) is 2.55. The zero-order valence-corrected chi connectivity index (χ0v) is 11.2. The first-order valence-electron chi connectivity index (χ1n) is 4.74. The van der Waals surface area contributed by atoms with E-state index in [1.54, 1.807) is 18.2 Å². The molecule has 7 heteroatoms. The highest BCUT2D eigenvalue weighted by Crippen LogP contribution is 2.32. The maximum Gasteiger partial charge on any atom is 0.337 e. The van der Waals surface area contributed by atoms with Gasteiger partial charge in [0, 0.05) is 4.47 Å². The van der Waals surface area contributed by atoms with Gasteiger partial charge in [-0.05, 0) is 16.8 Å². The molecule has 0 aliphatic rings. The van der Waals surface area contributed by atoms with E-state index in [1.165, 1.54) is 6.07 Å². The van der Waals surface area contributed by atoms with E-state index in [0.29, 0.717) is 9.86 Å². The van der Waals surface area contributed by atoms with Gasteiger partial charge in [0.15, 0.2) is 0 Å². The largest absolute Gasteiger partial charge is 0.478 e. The molecule has 0 aromatic heterocycles. The lowest BCUT2D eigenvalue weighted by Gasteiger charge is -2.09. The van der Waals surface area contributed by atoms with Gasteiger partial charge in [0.25, 0.3) is 10.1 Å². The molecule has 18 heavy (non-hydrogen) atoms. The third-order valence-corrected chi connectivity index (χ3v) is 3.98. The van der Waals surface area contributed by atoms with Crippen LogP contribution in [0.15, 0.2) is 39.7 Å². The maximum atomic E-state index is 11.2. The van der Waals surface area contributed by atoms with Gasteiger partial charge in [0.1, 0.15) is 4.90 Å². The third kappa shape index (κ3) is 2.12. The van der Waals surface area contributed by atoms with Crippen molar-refractivity contribution in [1.82, 2.24) is 0 Å². The molecule has 2 aromatic rings. The summed E-state index contributed by atoms with van der Waals surface area (Å²) in [5.74, 6) is -1.41.